The fourth-order valence-corrected chi connectivity index (χ4v) is 2.20. The van der Waals surface area contributed by atoms with Crippen molar-refractivity contribution in [3.8, 4) is 0 Å². The molecule has 2 fully saturated rings. The minimum Gasteiger partial charge on any atom is -0.242 e. The van der Waals surface area contributed by atoms with Crippen LogP contribution in [0.3, 0.4) is 0 Å². The molecule has 1 nitrogen and oxygen atoms in total. The second-order valence-electron chi connectivity index (χ2n) is 3.97. The zero-order valence-electron chi connectivity index (χ0n) is 6.60. The largest absolute Gasteiger partial charge is 0.242 e. The van der Waals surface area contributed by atoms with Gasteiger partial charge in [-0.15, -0.1) is 0 Å². The number of rotatable bonds is 0. The molecule has 1 saturated heterocycles. The summed E-state index contributed by atoms with van der Waals surface area (Å²) >= 11 is 0. The number of hydrogen-bond donors (Lipinski definition) is 0. The van der Waals surface area contributed by atoms with Gasteiger partial charge in [0, 0.05) is 12.8 Å². The predicted molar refractivity (Wildman–Crippen MR) is 42.6 cm³/mol. The lowest BCUT2D eigenvalue weighted by atomic mass is 9.63. The number of nitrogens with zero attached hydrogens (tertiary/aromatic N) is 1. The molecule has 0 aromatic carbocycles. The molecule has 10 heavy (non-hydrogen) atoms. The third-order valence-electron chi connectivity index (χ3n) is 3.33. The summed E-state index contributed by atoms with van der Waals surface area (Å²) in [7, 11) is 0. The molecular weight excluding hydrogens is 122 g/mol. The molecule has 1 aliphatic heterocycles. The van der Waals surface area contributed by atoms with E-state index in [9.17, 15) is 0 Å². The Bertz CT molecular complexity index is 144. The molecule has 1 aliphatic carbocycles. The molecule has 0 unspecified atom stereocenters. The standard InChI is InChI=1S/C9H16N/c1-10-7-5-9(6-8-10)3-2-4-9/h1-8H2/q+1. The van der Waals surface area contributed by atoms with E-state index in [0.717, 1.165) is 5.41 Å². The van der Waals surface area contributed by atoms with Gasteiger partial charge in [0.15, 0.2) is 0 Å². The Morgan fingerprint density at radius 1 is 1.00 bits per heavy atom. The van der Waals surface area contributed by atoms with Gasteiger partial charge in [-0.25, -0.2) is 4.58 Å². The first-order chi connectivity index (χ1) is 4.81. The molecule has 1 heteroatoms. The molecule has 1 saturated carbocycles. The van der Waals surface area contributed by atoms with E-state index in [1.807, 2.05) is 0 Å². The first-order valence-electron chi connectivity index (χ1n) is 4.36. The molecule has 1 heterocycles. The lowest BCUT2D eigenvalue weighted by Gasteiger charge is -2.43. The SMILES string of the molecule is C=[N+]1CCC2(CCC2)CC1. The molecule has 0 atom stereocenters. The molecule has 56 valence electrons. The molecule has 2 aliphatic rings. The summed E-state index contributed by atoms with van der Waals surface area (Å²) in [6, 6.07) is 0. The van der Waals surface area contributed by atoms with Crippen LogP contribution in [-0.2, 0) is 0 Å². The van der Waals surface area contributed by atoms with Crippen LogP contribution in [0.4, 0.5) is 0 Å². The average Bonchev–Trinajstić information content (AvgIpc) is 1.86. The van der Waals surface area contributed by atoms with Crippen LogP contribution in [-0.4, -0.2) is 24.4 Å². The monoisotopic (exact) mass is 138 g/mol. The van der Waals surface area contributed by atoms with Crippen molar-refractivity contribution in [2.24, 2.45) is 5.41 Å². The van der Waals surface area contributed by atoms with Gasteiger partial charge in [0.05, 0.1) is 0 Å². The Kier molecular flexibility index (Phi) is 1.33. The first kappa shape index (κ1) is 6.38. The molecule has 1 spiro atoms. The summed E-state index contributed by atoms with van der Waals surface area (Å²) in [4.78, 5) is 0. The summed E-state index contributed by atoms with van der Waals surface area (Å²) in [5.74, 6) is 0. The fraction of sp³-hybridized carbons (Fsp3) is 0.889. The number of piperidine rings is 1. The quantitative estimate of drug-likeness (QED) is 0.448. The van der Waals surface area contributed by atoms with E-state index >= 15 is 0 Å². The summed E-state index contributed by atoms with van der Waals surface area (Å²) < 4.78 is 2.21. The Hall–Kier alpha value is -0.330. The fourth-order valence-electron chi connectivity index (χ4n) is 2.20. The van der Waals surface area contributed by atoms with Crippen LogP contribution >= 0.6 is 0 Å². The summed E-state index contributed by atoms with van der Waals surface area (Å²) in [5, 5.41) is 0. The maximum atomic E-state index is 3.95. The smallest absolute Gasteiger partial charge is 0.142 e. The highest BCUT2D eigenvalue weighted by Gasteiger charge is 2.40. The van der Waals surface area contributed by atoms with E-state index in [-0.39, 0.29) is 0 Å². The van der Waals surface area contributed by atoms with E-state index < -0.39 is 0 Å². The van der Waals surface area contributed by atoms with Crippen molar-refractivity contribution in [2.75, 3.05) is 13.1 Å². The molecule has 2 rings (SSSR count). The van der Waals surface area contributed by atoms with Gasteiger partial charge < -0.3 is 0 Å². The van der Waals surface area contributed by atoms with Crippen LogP contribution < -0.4 is 0 Å². The minimum atomic E-state index is 0.800. The van der Waals surface area contributed by atoms with Crippen molar-refractivity contribution in [1.82, 2.24) is 0 Å². The molecule has 0 bridgehead atoms. The molecule has 0 aromatic heterocycles. The Morgan fingerprint density at radius 3 is 2.00 bits per heavy atom. The maximum Gasteiger partial charge on any atom is 0.142 e. The van der Waals surface area contributed by atoms with Gasteiger partial charge in [0.1, 0.15) is 19.8 Å². The first-order valence-corrected chi connectivity index (χ1v) is 4.36. The topological polar surface area (TPSA) is 3.01 Å². The lowest BCUT2D eigenvalue weighted by Crippen LogP contribution is -2.39. The highest BCUT2D eigenvalue weighted by molar-refractivity contribution is 5.14. The van der Waals surface area contributed by atoms with E-state index in [1.54, 1.807) is 0 Å². The average molecular weight is 138 g/mol. The van der Waals surface area contributed by atoms with Crippen molar-refractivity contribution >= 4 is 6.72 Å². The van der Waals surface area contributed by atoms with Crippen LogP contribution in [0.5, 0.6) is 0 Å². The zero-order valence-corrected chi connectivity index (χ0v) is 6.60. The van der Waals surface area contributed by atoms with Crippen molar-refractivity contribution < 1.29 is 4.58 Å². The predicted octanol–water partition coefficient (Wildman–Crippen LogP) is 1.66. The molecule has 0 radical (unpaired) electrons. The normalized spacial score (nSPS) is 30.2. The minimum absolute atomic E-state index is 0.800. The maximum absolute atomic E-state index is 3.95. The van der Waals surface area contributed by atoms with Crippen LogP contribution in [0, 0.1) is 5.41 Å². The van der Waals surface area contributed by atoms with E-state index in [4.69, 9.17) is 0 Å². The van der Waals surface area contributed by atoms with Crippen molar-refractivity contribution in [2.45, 2.75) is 32.1 Å². The molecular formula is C9H16N+. The molecule has 0 N–H and O–H groups in total. The summed E-state index contributed by atoms with van der Waals surface area (Å²) in [6.07, 6.45) is 7.31. The third kappa shape index (κ3) is 0.882. The number of hydrogen-bond acceptors (Lipinski definition) is 0. The van der Waals surface area contributed by atoms with E-state index in [0.29, 0.717) is 0 Å². The van der Waals surface area contributed by atoms with E-state index in [1.165, 1.54) is 45.2 Å². The van der Waals surface area contributed by atoms with Gasteiger partial charge in [-0.05, 0) is 18.3 Å². The van der Waals surface area contributed by atoms with Crippen molar-refractivity contribution in [1.29, 1.82) is 0 Å². The van der Waals surface area contributed by atoms with E-state index in [2.05, 4.69) is 11.3 Å². The van der Waals surface area contributed by atoms with Gasteiger partial charge >= 0.3 is 0 Å². The summed E-state index contributed by atoms with van der Waals surface area (Å²) in [6.45, 7) is 6.43. The van der Waals surface area contributed by atoms with Crippen LogP contribution in [0.15, 0.2) is 0 Å². The second-order valence-corrected chi connectivity index (χ2v) is 3.97. The van der Waals surface area contributed by atoms with Crippen molar-refractivity contribution in [3.05, 3.63) is 0 Å². The van der Waals surface area contributed by atoms with Gasteiger partial charge in [-0.1, -0.05) is 6.42 Å². The molecule has 0 aromatic rings. The van der Waals surface area contributed by atoms with Gasteiger partial charge in [-0.2, -0.15) is 0 Å². The Morgan fingerprint density at radius 2 is 1.60 bits per heavy atom. The zero-order chi connectivity index (χ0) is 7.03. The lowest BCUT2D eigenvalue weighted by molar-refractivity contribution is -0.539. The Balaban J connectivity index is 1.96. The van der Waals surface area contributed by atoms with Crippen LogP contribution in [0.1, 0.15) is 32.1 Å². The highest BCUT2D eigenvalue weighted by Crippen LogP contribution is 2.48. The van der Waals surface area contributed by atoms with Crippen LogP contribution in [0.2, 0.25) is 0 Å². The summed E-state index contributed by atoms with van der Waals surface area (Å²) in [5.41, 5.74) is 0.800. The Labute approximate surface area is 62.8 Å². The van der Waals surface area contributed by atoms with Gasteiger partial charge in [0.25, 0.3) is 0 Å². The highest BCUT2D eigenvalue weighted by atomic mass is 15.0. The molecule has 0 amide bonds. The third-order valence-corrected chi connectivity index (χ3v) is 3.33. The second kappa shape index (κ2) is 2.08. The van der Waals surface area contributed by atoms with Gasteiger partial charge in [0.2, 0.25) is 0 Å². The van der Waals surface area contributed by atoms with Gasteiger partial charge in [-0.3, -0.25) is 0 Å². The van der Waals surface area contributed by atoms with Crippen molar-refractivity contribution in [3.63, 3.8) is 0 Å². The van der Waals surface area contributed by atoms with Crippen LogP contribution in [0.25, 0.3) is 0 Å².